The van der Waals surface area contributed by atoms with E-state index in [1.165, 1.54) is 0 Å². The van der Waals surface area contributed by atoms with Crippen molar-refractivity contribution in [2.24, 2.45) is 0 Å². The normalized spacial score (nSPS) is 13.3. The largest absolute Gasteiger partial charge is 0.385 e. The molecule has 3 rings (SSSR count). The monoisotopic (exact) mass is 253 g/mol. The molecule has 2 aromatic rings. The highest BCUT2D eigenvalue weighted by Gasteiger charge is 2.17. The number of rotatable bonds is 2. The fourth-order valence-electron chi connectivity index (χ4n) is 2.36. The summed E-state index contributed by atoms with van der Waals surface area (Å²) in [7, 11) is 0. The van der Waals surface area contributed by atoms with Gasteiger partial charge in [-0.05, 0) is 42.7 Å². The van der Waals surface area contributed by atoms with Gasteiger partial charge in [0.25, 0.3) is 5.91 Å². The number of aromatic nitrogens is 1. The SMILES string of the molecule is O=C(Nc1ccncc1)c1cccc2c1CCCN2. The van der Waals surface area contributed by atoms with Crippen molar-refractivity contribution in [1.82, 2.24) is 4.98 Å². The van der Waals surface area contributed by atoms with E-state index in [0.29, 0.717) is 0 Å². The first-order valence-electron chi connectivity index (χ1n) is 6.42. The second kappa shape index (κ2) is 5.10. The summed E-state index contributed by atoms with van der Waals surface area (Å²) in [5.41, 5.74) is 3.71. The van der Waals surface area contributed by atoms with Crippen molar-refractivity contribution in [3.63, 3.8) is 0 Å². The van der Waals surface area contributed by atoms with Crippen molar-refractivity contribution in [3.05, 3.63) is 53.9 Å². The number of benzene rings is 1. The van der Waals surface area contributed by atoms with Gasteiger partial charge in [-0.25, -0.2) is 0 Å². The predicted molar refractivity (Wildman–Crippen MR) is 75.4 cm³/mol. The first kappa shape index (κ1) is 11.7. The molecule has 0 unspecified atom stereocenters. The van der Waals surface area contributed by atoms with Gasteiger partial charge in [0.2, 0.25) is 0 Å². The molecule has 4 nitrogen and oxygen atoms in total. The van der Waals surface area contributed by atoms with Crippen LogP contribution in [-0.2, 0) is 6.42 Å². The Kier molecular flexibility index (Phi) is 3.14. The van der Waals surface area contributed by atoms with Crippen LogP contribution < -0.4 is 10.6 Å². The number of anilines is 2. The number of carbonyl (C=O) groups is 1. The van der Waals surface area contributed by atoms with Crippen LogP contribution in [-0.4, -0.2) is 17.4 Å². The minimum atomic E-state index is -0.0632. The van der Waals surface area contributed by atoms with E-state index in [0.717, 1.165) is 41.9 Å². The van der Waals surface area contributed by atoms with Gasteiger partial charge in [-0.3, -0.25) is 9.78 Å². The van der Waals surface area contributed by atoms with Crippen LogP contribution in [0, 0.1) is 0 Å². The highest BCUT2D eigenvalue weighted by molar-refractivity contribution is 6.06. The van der Waals surface area contributed by atoms with Crippen molar-refractivity contribution in [3.8, 4) is 0 Å². The summed E-state index contributed by atoms with van der Waals surface area (Å²) in [5.74, 6) is -0.0632. The number of amides is 1. The van der Waals surface area contributed by atoms with E-state index in [1.807, 2.05) is 18.2 Å². The number of pyridine rings is 1. The first-order chi connectivity index (χ1) is 9.34. The van der Waals surface area contributed by atoms with Crippen LogP contribution in [0.5, 0.6) is 0 Å². The Labute approximate surface area is 111 Å². The molecule has 96 valence electrons. The van der Waals surface area contributed by atoms with E-state index in [9.17, 15) is 4.79 Å². The molecule has 4 heteroatoms. The van der Waals surface area contributed by atoms with Crippen molar-refractivity contribution in [1.29, 1.82) is 0 Å². The van der Waals surface area contributed by atoms with Crippen LogP contribution in [0.1, 0.15) is 22.3 Å². The van der Waals surface area contributed by atoms with Gasteiger partial charge in [-0.1, -0.05) is 6.07 Å². The summed E-state index contributed by atoms with van der Waals surface area (Å²) in [6.07, 6.45) is 5.34. The summed E-state index contributed by atoms with van der Waals surface area (Å²) < 4.78 is 0. The van der Waals surface area contributed by atoms with Crippen LogP contribution >= 0.6 is 0 Å². The van der Waals surface area contributed by atoms with Crippen molar-refractivity contribution in [2.45, 2.75) is 12.8 Å². The number of fused-ring (bicyclic) bond motifs is 1. The zero-order valence-corrected chi connectivity index (χ0v) is 10.5. The summed E-state index contributed by atoms with van der Waals surface area (Å²) >= 11 is 0. The Morgan fingerprint density at radius 3 is 2.89 bits per heavy atom. The molecule has 0 radical (unpaired) electrons. The molecule has 0 saturated heterocycles. The number of nitrogens with zero attached hydrogens (tertiary/aromatic N) is 1. The lowest BCUT2D eigenvalue weighted by molar-refractivity contribution is 0.102. The predicted octanol–water partition coefficient (Wildman–Crippen LogP) is 2.69. The molecule has 1 aliphatic heterocycles. The quantitative estimate of drug-likeness (QED) is 0.865. The lowest BCUT2D eigenvalue weighted by atomic mass is 9.97. The van der Waals surface area contributed by atoms with Gasteiger partial charge >= 0.3 is 0 Å². The van der Waals surface area contributed by atoms with Crippen LogP contribution in [0.4, 0.5) is 11.4 Å². The molecular formula is C15H15N3O. The van der Waals surface area contributed by atoms with Crippen LogP contribution in [0.15, 0.2) is 42.7 Å². The third-order valence-corrected chi connectivity index (χ3v) is 3.28. The Balaban J connectivity index is 1.88. The van der Waals surface area contributed by atoms with E-state index in [2.05, 4.69) is 15.6 Å². The first-order valence-corrected chi connectivity index (χ1v) is 6.42. The summed E-state index contributed by atoms with van der Waals surface area (Å²) in [5, 5.41) is 6.23. The van der Waals surface area contributed by atoms with Gasteiger partial charge in [0.1, 0.15) is 0 Å². The van der Waals surface area contributed by atoms with E-state index in [4.69, 9.17) is 0 Å². The van der Waals surface area contributed by atoms with E-state index < -0.39 is 0 Å². The fourth-order valence-corrected chi connectivity index (χ4v) is 2.36. The minimum absolute atomic E-state index is 0.0632. The fraction of sp³-hybridized carbons (Fsp3) is 0.200. The molecule has 1 amide bonds. The van der Waals surface area contributed by atoms with Crippen LogP contribution in [0.2, 0.25) is 0 Å². The minimum Gasteiger partial charge on any atom is -0.385 e. The van der Waals surface area contributed by atoms with E-state index in [-0.39, 0.29) is 5.91 Å². The Hall–Kier alpha value is -2.36. The summed E-state index contributed by atoms with van der Waals surface area (Å²) in [4.78, 5) is 16.3. The molecule has 0 bridgehead atoms. The topological polar surface area (TPSA) is 54.0 Å². The van der Waals surface area contributed by atoms with Crippen LogP contribution in [0.3, 0.4) is 0 Å². The van der Waals surface area contributed by atoms with E-state index in [1.54, 1.807) is 24.5 Å². The van der Waals surface area contributed by atoms with Crippen molar-refractivity contribution < 1.29 is 4.79 Å². The zero-order chi connectivity index (χ0) is 13.1. The van der Waals surface area contributed by atoms with E-state index >= 15 is 0 Å². The van der Waals surface area contributed by atoms with Gasteiger partial charge in [-0.2, -0.15) is 0 Å². The van der Waals surface area contributed by atoms with Crippen molar-refractivity contribution in [2.75, 3.05) is 17.2 Å². The molecule has 1 aromatic carbocycles. The second-order valence-electron chi connectivity index (χ2n) is 4.55. The standard InChI is InChI=1S/C15H15N3O/c19-15(18-11-6-9-16-10-7-11)13-3-1-5-14-12(13)4-2-8-17-14/h1,3,5-7,9-10,17H,2,4,8H2,(H,16,18,19). The van der Waals surface area contributed by atoms with Crippen molar-refractivity contribution >= 4 is 17.3 Å². The summed E-state index contributed by atoms with van der Waals surface area (Å²) in [6.45, 7) is 0.975. The molecule has 2 heterocycles. The third-order valence-electron chi connectivity index (χ3n) is 3.28. The molecular weight excluding hydrogens is 238 g/mol. The number of hydrogen-bond donors (Lipinski definition) is 2. The van der Waals surface area contributed by atoms with Crippen LogP contribution in [0.25, 0.3) is 0 Å². The smallest absolute Gasteiger partial charge is 0.256 e. The molecule has 0 saturated carbocycles. The lowest BCUT2D eigenvalue weighted by Gasteiger charge is -2.20. The Bertz CT molecular complexity index is 596. The second-order valence-corrected chi connectivity index (χ2v) is 4.55. The molecule has 19 heavy (non-hydrogen) atoms. The van der Waals surface area contributed by atoms with Gasteiger partial charge in [-0.15, -0.1) is 0 Å². The molecule has 1 aliphatic rings. The van der Waals surface area contributed by atoms with Gasteiger partial charge in [0.15, 0.2) is 0 Å². The Morgan fingerprint density at radius 2 is 2.05 bits per heavy atom. The van der Waals surface area contributed by atoms with Gasteiger partial charge < -0.3 is 10.6 Å². The molecule has 2 N–H and O–H groups in total. The Morgan fingerprint density at radius 1 is 1.21 bits per heavy atom. The highest BCUT2D eigenvalue weighted by Crippen LogP contribution is 2.25. The van der Waals surface area contributed by atoms with Gasteiger partial charge in [0.05, 0.1) is 0 Å². The third kappa shape index (κ3) is 2.42. The molecule has 0 fully saturated rings. The molecule has 1 aromatic heterocycles. The maximum absolute atomic E-state index is 12.3. The maximum Gasteiger partial charge on any atom is 0.256 e. The average molecular weight is 253 g/mol. The zero-order valence-electron chi connectivity index (χ0n) is 10.5. The summed E-state index contributed by atoms with van der Waals surface area (Å²) in [6, 6.07) is 9.38. The molecule has 0 spiro atoms. The number of nitrogens with one attached hydrogen (secondary N) is 2. The maximum atomic E-state index is 12.3. The number of carbonyl (C=O) groups excluding carboxylic acids is 1. The van der Waals surface area contributed by atoms with Gasteiger partial charge in [0, 0.05) is 35.9 Å². The lowest BCUT2D eigenvalue weighted by Crippen LogP contribution is -2.19. The number of hydrogen-bond acceptors (Lipinski definition) is 3. The molecule has 0 atom stereocenters. The highest BCUT2D eigenvalue weighted by atomic mass is 16.1. The molecule has 0 aliphatic carbocycles. The average Bonchev–Trinajstić information content (AvgIpc) is 2.47.